The van der Waals surface area contributed by atoms with Gasteiger partial charge in [-0.2, -0.15) is 0 Å². The number of rotatable bonds is 2. The summed E-state index contributed by atoms with van der Waals surface area (Å²) >= 11 is 11.3. The number of anilines is 1. The van der Waals surface area contributed by atoms with Crippen molar-refractivity contribution in [3.8, 4) is 0 Å². The van der Waals surface area contributed by atoms with Crippen LogP contribution in [-0.4, -0.2) is 10.9 Å². The predicted octanol–water partition coefficient (Wildman–Crippen LogP) is 3.78. The Kier molecular flexibility index (Phi) is 3.79. The normalized spacial score (nSPS) is 10.2. The molecule has 0 fully saturated rings. The van der Waals surface area contributed by atoms with Crippen LogP contribution >= 0.6 is 23.2 Å². The highest BCUT2D eigenvalue weighted by molar-refractivity contribution is 6.31. The van der Waals surface area contributed by atoms with Gasteiger partial charge in [0.25, 0.3) is 5.91 Å². The molecule has 0 saturated heterocycles. The fourth-order valence-corrected chi connectivity index (χ4v) is 1.66. The number of pyridine rings is 1. The Labute approximate surface area is 113 Å². The summed E-state index contributed by atoms with van der Waals surface area (Å²) in [7, 11) is 0. The third kappa shape index (κ3) is 2.78. The van der Waals surface area contributed by atoms with Crippen molar-refractivity contribution in [1.29, 1.82) is 0 Å². The molecule has 0 atom stereocenters. The maximum Gasteiger partial charge on any atom is 0.274 e. The predicted molar refractivity (Wildman–Crippen MR) is 68.6 cm³/mol. The molecule has 1 N–H and O–H groups in total. The standard InChI is InChI=1S/C12H7Cl2FN2O/c13-7-3-1-4-8(11(7)15)17-12(18)9-5-2-6-10(14)16-9/h1-6H,(H,17,18). The Morgan fingerprint density at radius 2 is 1.89 bits per heavy atom. The molecule has 0 spiro atoms. The molecule has 0 radical (unpaired) electrons. The second kappa shape index (κ2) is 5.33. The summed E-state index contributed by atoms with van der Waals surface area (Å²) in [6.45, 7) is 0. The average Bonchev–Trinajstić information content (AvgIpc) is 2.35. The van der Waals surface area contributed by atoms with E-state index in [-0.39, 0.29) is 21.6 Å². The lowest BCUT2D eigenvalue weighted by Crippen LogP contribution is -2.14. The molecule has 1 aromatic heterocycles. The average molecular weight is 285 g/mol. The van der Waals surface area contributed by atoms with Crippen LogP contribution in [0, 0.1) is 5.82 Å². The number of hydrogen-bond donors (Lipinski definition) is 1. The van der Waals surface area contributed by atoms with Crippen molar-refractivity contribution in [3.05, 3.63) is 58.1 Å². The number of nitrogens with one attached hydrogen (secondary N) is 1. The van der Waals surface area contributed by atoms with Gasteiger partial charge >= 0.3 is 0 Å². The highest BCUT2D eigenvalue weighted by Gasteiger charge is 2.12. The van der Waals surface area contributed by atoms with E-state index in [1.807, 2.05) is 0 Å². The minimum atomic E-state index is -0.686. The summed E-state index contributed by atoms with van der Waals surface area (Å²) in [4.78, 5) is 15.6. The number of aromatic nitrogens is 1. The van der Waals surface area contributed by atoms with Crippen LogP contribution in [0.25, 0.3) is 0 Å². The number of nitrogens with zero attached hydrogens (tertiary/aromatic N) is 1. The summed E-state index contributed by atoms with van der Waals surface area (Å²) in [5.74, 6) is -1.24. The summed E-state index contributed by atoms with van der Waals surface area (Å²) < 4.78 is 13.6. The smallest absolute Gasteiger partial charge is 0.274 e. The molecule has 0 aliphatic carbocycles. The topological polar surface area (TPSA) is 42.0 Å². The van der Waals surface area contributed by atoms with E-state index in [0.29, 0.717) is 0 Å². The number of carbonyl (C=O) groups excluding carboxylic acids is 1. The molecule has 0 aliphatic heterocycles. The van der Waals surface area contributed by atoms with Gasteiger partial charge in [-0.05, 0) is 24.3 Å². The van der Waals surface area contributed by atoms with Gasteiger partial charge in [-0.15, -0.1) is 0 Å². The van der Waals surface area contributed by atoms with Crippen LogP contribution in [0.1, 0.15) is 10.5 Å². The highest BCUT2D eigenvalue weighted by Crippen LogP contribution is 2.22. The van der Waals surface area contributed by atoms with E-state index < -0.39 is 11.7 Å². The summed E-state index contributed by atoms with van der Waals surface area (Å²) in [6, 6.07) is 8.93. The summed E-state index contributed by atoms with van der Waals surface area (Å²) in [5, 5.41) is 2.50. The maximum atomic E-state index is 13.6. The number of amides is 1. The van der Waals surface area contributed by atoms with Crippen LogP contribution in [0.3, 0.4) is 0 Å². The van der Waals surface area contributed by atoms with E-state index in [4.69, 9.17) is 23.2 Å². The van der Waals surface area contributed by atoms with Gasteiger partial charge in [0.15, 0.2) is 5.82 Å². The van der Waals surface area contributed by atoms with Crippen LogP contribution in [0.4, 0.5) is 10.1 Å². The van der Waals surface area contributed by atoms with Gasteiger partial charge in [-0.1, -0.05) is 35.3 Å². The Balaban J connectivity index is 2.24. The second-order valence-corrected chi connectivity index (χ2v) is 4.20. The van der Waals surface area contributed by atoms with Crippen molar-refractivity contribution in [2.45, 2.75) is 0 Å². The van der Waals surface area contributed by atoms with Gasteiger partial charge in [-0.3, -0.25) is 4.79 Å². The zero-order valence-electron chi connectivity index (χ0n) is 8.95. The van der Waals surface area contributed by atoms with E-state index in [2.05, 4.69) is 10.3 Å². The minimum Gasteiger partial charge on any atom is -0.318 e. The second-order valence-electron chi connectivity index (χ2n) is 3.40. The molecule has 2 aromatic rings. The van der Waals surface area contributed by atoms with Gasteiger partial charge in [0.1, 0.15) is 10.8 Å². The molecule has 0 unspecified atom stereocenters. The van der Waals surface area contributed by atoms with Crippen molar-refractivity contribution in [2.24, 2.45) is 0 Å². The highest BCUT2D eigenvalue weighted by atomic mass is 35.5. The van der Waals surface area contributed by atoms with E-state index in [9.17, 15) is 9.18 Å². The lowest BCUT2D eigenvalue weighted by molar-refractivity contribution is 0.102. The third-order valence-electron chi connectivity index (χ3n) is 2.15. The molecule has 0 saturated carbocycles. The fraction of sp³-hybridized carbons (Fsp3) is 0. The Morgan fingerprint density at radius 1 is 1.17 bits per heavy atom. The first-order valence-electron chi connectivity index (χ1n) is 4.96. The van der Waals surface area contributed by atoms with Gasteiger partial charge in [0.2, 0.25) is 0 Å². The van der Waals surface area contributed by atoms with Crippen LogP contribution in [0.2, 0.25) is 10.2 Å². The quantitative estimate of drug-likeness (QED) is 0.853. The number of benzene rings is 1. The zero-order chi connectivity index (χ0) is 13.1. The van der Waals surface area contributed by atoms with Gasteiger partial charge in [0, 0.05) is 0 Å². The van der Waals surface area contributed by atoms with Gasteiger partial charge in [0.05, 0.1) is 10.7 Å². The van der Waals surface area contributed by atoms with Gasteiger partial charge < -0.3 is 5.32 Å². The molecule has 2 rings (SSSR count). The molecule has 1 heterocycles. The molecule has 92 valence electrons. The van der Waals surface area contributed by atoms with Crippen LogP contribution < -0.4 is 5.32 Å². The largest absolute Gasteiger partial charge is 0.318 e. The lowest BCUT2D eigenvalue weighted by Gasteiger charge is -2.06. The maximum absolute atomic E-state index is 13.6. The Hall–Kier alpha value is -1.65. The molecule has 1 amide bonds. The van der Waals surface area contributed by atoms with Crippen molar-refractivity contribution < 1.29 is 9.18 Å². The van der Waals surface area contributed by atoms with Gasteiger partial charge in [-0.25, -0.2) is 9.37 Å². The van der Waals surface area contributed by atoms with E-state index in [1.165, 1.54) is 30.3 Å². The van der Waals surface area contributed by atoms with Crippen molar-refractivity contribution in [3.63, 3.8) is 0 Å². The lowest BCUT2D eigenvalue weighted by atomic mass is 10.3. The number of halogens is 3. The number of carbonyl (C=O) groups is 1. The molecular weight excluding hydrogens is 278 g/mol. The molecule has 0 aliphatic rings. The molecule has 3 nitrogen and oxygen atoms in total. The van der Waals surface area contributed by atoms with Crippen molar-refractivity contribution in [2.75, 3.05) is 5.32 Å². The van der Waals surface area contributed by atoms with Crippen molar-refractivity contribution in [1.82, 2.24) is 4.98 Å². The minimum absolute atomic E-state index is 0.00530. The van der Waals surface area contributed by atoms with E-state index in [1.54, 1.807) is 6.07 Å². The molecule has 18 heavy (non-hydrogen) atoms. The van der Waals surface area contributed by atoms with E-state index in [0.717, 1.165) is 0 Å². The molecular formula is C12H7Cl2FN2O. The first-order chi connectivity index (χ1) is 8.58. The van der Waals surface area contributed by atoms with Crippen LogP contribution in [0.5, 0.6) is 0 Å². The van der Waals surface area contributed by atoms with Crippen molar-refractivity contribution >= 4 is 34.8 Å². The van der Waals surface area contributed by atoms with E-state index >= 15 is 0 Å². The summed E-state index contributed by atoms with van der Waals surface area (Å²) in [5.41, 5.74) is 0.0937. The third-order valence-corrected chi connectivity index (χ3v) is 2.65. The monoisotopic (exact) mass is 284 g/mol. The summed E-state index contributed by atoms with van der Waals surface area (Å²) in [6.07, 6.45) is 0. The number of hydrogen-bond acceptors (Lipinski definition) is 2. The molecule has 6 heteroatoms. The zero-order valence-corrected chi connectivity index (χ0v) is 10.5. The van der Waals surface area contributed by atoms with Crippen LogP contribution in [-0.2, 0) is 0 Å². The molecule has 0 bridgehead atoms. The Morgan fingerprint density at radius 3 is 2.61 bits per heavy atom. The first kappa shape index (κ1) is 12.8. The van der Waals surface area contributed by atoms with Crippen LogP contribution in [0.15, 0.2) is 36.4 Å². The molecule has 1 aromatic carbocycles. The Bertz CT molecular complexity index is 604. The first-order valence-corrected chi connectivity index (χ1v) is 5.71. The SMILES string of the molecule is O=C(Nc1cccc(Cl)c1F)c1cccc(Cl)n1. The fourth-order valence-electron chi connectivity index (χ4n) is 1.32.